The second kappa shape index (κ2) is 6.77. The molecule has 0 spiro atoms. The molecule has 7 nitrogen and oxygen atoms in total. The van der Waals surface area contributed by atoms with E-state index >= 15 is 0 Å². The van der Waals surface area contributed by atoms with Crippen LogP contribution in [0.4, 0.5) is 0 Å². The van der Waals surface area contributed by atoms with Gasteiger partial charge in [-0.15, -0.1) is 0 Å². The van der Waals surface area contributed by atoms with E-state index in [1.807, 2.05) is 0 Å². The number of hydrogen-bond donors (Lipinski definition) is 1. The van der Waals surface area contributed by atoms with E-state index in [2.05, 4.69) is 5.48 Å². The zero-order valence-corrected chi connectivity index (χ0v) is 10.5. The number of ether oxygens (including phenoxy) is 2. The Morgan fingerprint density at radius 2 is 1.94 bits per heavy atom. The van der Waals surface area contributed by atoms with Crippen LogP contribution in [0.1, 0.15) is 11.6 Å². The number of nitro groups is 1. The molecule has 0 saturated heterocycles. The Morgan fingerprint density at radius 1 is 1.28 bits per heavy atom. The van der Waals surface area contributed by atoms with E-state index in [-0.39, 0.29) is 6.54 Å². The van der Waals surface area contributed by atoms with Gasteiger partial charge in [-0.25, -0.2) is 0 Å². The molecule has 0 fully saturated rings. The third-order valence-corrected chi connectivity index (χ3v) is 2.40. The maximum absolute atomic E-state index is 10.6. The number of hydroxylamine groups is 1. The molecule has 1 N–H and O–H groups in total. The molecule has 1 aromatic carbocycles. The van der Waals surface area contributed by atoms with Gasteiger partial charge in [0.05, 0.1) is 21.3 Å². The van der Waals surface area contributed by atoms with Gasteiger partial charge >= 0.3 is 0 Å². The average Bonchev–Trinajstić information content (AvgIpc) is 2.37. The summed E-state index contributed by atoms with van der Waals surface area (Å²) in [5.41, 5.74) is 3.27. The lowest BCUT2D eigenvalue weighted by atomic mass is 10.1. The van der Waals surface area contributed by atoms with Gasteiger partial charge in [0.25, 0.3) is 0 Å². The molecular weight excluding hydrogens is 240 g/mol. The molecule has 1 unspecified atom stereocenters. The third-order valence-electron chi connectivity index (χ3n) is 2.40. The Labute approximate surface area is 105 Å². The van der Waals surface area contributed by atoms with Crippen molar-refractivity contribution in [2.24, 2.45) is 0 Å². The summed E-state index contributed by atoms with van der Waals surface area (Å²) in [5.74, 6) is 1.08. The Kier molecular flexibility index (Phi) is 5.34. The highest BCUT2D eigenvalue weighted by Crippen LogP contribution is 2.30. The minimum absolute atomic E-state index is 0.288. The highest BCUT2D eigenvalue weighted by molar-refractivity contribution is 5.43. The first-order valence-corrected chi connectivity index (χ1v) is 5.24. The Hall–Kier alpha value is -1.86. The molecule has 7 heteroatoms. The van der Waals surface area contributed by atoms with Crippen LogP contribution < -0.4 is 15.0 Å². The quantitative estimate of drug-likeness (QED) is 0.582. The number of rotatable bonds is 7. The monoisotopic (exact) mass is 256 g/mol. The van der Waals surface area contributed by atoms with Crippen LogP contribution in [-0.2, 0) is 4.84 Å². The van der Waals surface area contributed by atoms with Gasteiger partial charge in [-0.05, 0) is 17.7 Å². The second-order valence-electron chi connectivity index (χ2n) is 3.50. The van der Waals surface area contributed by atoms with Crippen LogP contribution in [0.25, 0.3) is 0 Å². The summed E-state index contributed by atoms with van der Waals surface area (Å²) in [6.07, 6.45) is 0. The van der Waals surface area contributed by atoms with Gasteiger partial charge in [-0.2, -0.15) is 5.48 Å². The van der Waals surface area contributed by atoms with Crippen molar-refractivity contribution >= 4 is 0 Å². The summed E-state index contributed by atoms with van der Waals surface area (Å²) >= 11 is 0. The molecule has 0 aliphatic rings. The highest BCUT2D eigenvalue weighted by Gasteiger charge is 2.19. The fourth-order valence-electron chi connectivity index (χ4n) is 1.57. The lowest BCUT2D eigenvalue weighted by molar-refractivity contribution is -0.486. The highest BCUT2D eigenvalue weighted by atomic mass is 16.6. The van der Waals surface area contributed by atoms with Crippen molar-refractivity contribution in [3.63, 3.8) is 0 Å². The van der Waals surface area contributed by atoms with Crippen molar-refractivity contribution in [2.75, 3.05) is 27.9 Å². The molecule has 1 aromatic rings. The van der Waals surface area contributed by atoms with E-state index in [1.54, 1.807) is 18.2 Å². The third kappa shape index (κ3) is 3.57. The first kappa shape index (κ1) is 14.2. The van der Waals surface area contributed by atoms with E-state index in [0.717, 1.165) is 0 Å². The number of nitrogens with zero attached hydrogens (tertiary/aromatic N) is 1. The van der Waals surface area contributed by atoms with Crippen LogP contribution in [0.5, 0.6) is 11.5 Å². The van der Waals surface area contributed by atoms with Crippen molar-refractivity contribution < 1.29 is 19.2 Å². The molecule has 100 valence electrons. The smallest absolute Gasteiger partial charge is 0.225 e. The molecule has 1 atom stereocenters. The van der Waals surface area contributed by atoms with Crippen molar-refractivity contribution in [1.29, 1.82) is 0 Å². The Bertz CT molecular complexity index is 410. The molecule has 0 bridgehead atoms. The second-order valence-corrected chi connectivity index (χ2v) is 3.50. The van der Waals surface area contributed by atoms with E-state index in [9.17, 15) is 10.1 Å². The number of methoxy groups -OCH3 is 2. The van der Waals surface area contributed by atoms with Gasteiger partial charge in [0.15, 0.2) is 11.5 Å². The maximum atomic E-state index is 10.6. The molecule has 1 rings (SSSR count). The molecule has 0 radical (unpaired) electrons. The summed E-state index contributed by atoms with van der Waals surface area (Å²) in [7, 11) is 4.45. The molecule has 0 heterocycles. The SMILES string of the molecule is CONC(C[N+](=O)[O-])c1ccc(OC)c(OC)c1. The number of benzene rings is 1. The molecule has 0 aromatic heterocycles. The van der Waals surface area contributed by atoms with Gasteiger partial charge in [-0.3, -0.25) is 10.1 Å². The first-order valence-electron chi connectivity index (χ1n) is 5.24. The summed E-state index contributed by atoms with van der Waals surface area (Å²) in [6, 6.07) is 4.55. The van der Waals surface area contributed by atoms with Crippen LogP contribution in [0.15, 0.2) is 18.2 Å². The van der Waals surface area contributed by atoms with Gasteiger partial charge in [0, 0.05) is 4.92 Å². The normalized spacial score (nSPS) is 11.9. The van der Waals surface area contributed by atoms with E-state index in [4.69, 9.17) is 14.3 Å². The maximum Gasteiger partial charge on any atom is 0.225 e. The lowest BCUT2D eigenvalue weighted by Crippen LogP contribution is -2.27. The number of hydrogen-bond acceptors (Lipinski definition) is 6. The number of nitrogens with one attached hydrogen (secondary N) is 1. The van der Waals surface area contributed by atoms with Crippen molar-refractivity contribution in [3.8, 4) is 11.5 Å². The van der Waals surface area contributed by atoms with Gasteiger partial charge in [0.2, 0.25) is 6.54 Å². The predicted octanol–water partition coefficient (Wildman–Crippen LogP) is 1.17. The van der Waals surface area contributed by atoms with Crippen molar-refractivity contribution in [1.82, 2.24) is 5.48 Å². The van der Waals surface area contributed by atoms with Crippen LogP contribution in [-0.4, -0.2) is 32.8 Å². The van der Waals surface area contributed by atoms with Crippen molar-refractivity contribution in [2.45, 2.75) is 6.04 Å². The average molecular weight is 256 g/mol. The zero-order valence-electron chi connectivity index (χ0n) is 10.5. The van der Waals surface area contributed by atoms with Crippen LogP contribution in [0.2, 0.25) is 0 Å². The van der Waals surface area contributed by atoms with Gasteiger partial charge in [0.1, 0.15) is 6.04 Å². The van der Waals surface area contributed by atoms with Crippen LogP contribution in [0, 0.1) is 10.1 Å². The van der Waals surface area contributed by atoms with Crippen LogP contribution >= 0.6 is 0 Å². The lowest BCUT2D eigenvalue weighted by Gasteiger charge is -2.15. The minimum atomic E-state index is -0.551. The molecule has 0 aliphatic heterocycles. The van der Waals surface area contributed by atoms with Crippen LogP contribution in [0.3, 0.4) is 0 Å². The summed E-state index contributed by atoms with van der Waals surface area (Å²) < 4.78 is 10.2. The Balaban J connectivity index is 3.00. The van der Waals surface area contributed by atoms with Crippen molar-refractivity contribution in [3.05, 3.63) is 33.9 Å². The fraction of sp³-hybridized carbons (Fsp3) is 0.455. The fourth-order valence-corrected chi connectivity index (χ4v) is 1.57. The zero-order chi connectivity index (χ0) is 13.5. The topological polar surface area (TPSA) is 82.9 Å². The first-order chi connectivity index (χ1) is 8.62. The van der Waals surface area contributed by atoms with Gasteiger partial charge in [-0.1, -0.05) is 6.07 Å². The van der Waals surface area contributed by atoms with Gasteiger partial charge < -0.3 is 14.3 Å². The predicted molar refractivity (Wildman–Crippen MR) is 64.3 cm³/mol. The summed E-state index contributed by atoms with van der Waals surface area (Å²) in [6.45, 7) is -0.288. The minimum Gasteiger partial charge on any atom is -0.493 e. The standard InChI is InChI=1S/C11H16N2O5/c1-16-10-5-4-8(6-11(10)17-2)9(12-18-3)7-13(14)15/h4-6,9,12H,7H2,1-3H3. The largest absolute Gasteiger partial charge is 0.493 e. The van der Waals surface area contributed by atoms with E-state index in [1.165, 1.54) is 21.3 Å². The summed E-state index contributed by atoms with van der Waals surface area (Å²) in [5, 5.41) is 10.6. The Morgan fingerprint density at radius 3 is 2.44 bits per heavy atom. The van der Waals surface area contributed by atoms with E-state index in [0.29, 0.717) is 17.1 Å². The van der Waals surface area contributed by atoms with E-state index < -0.39 is 11.0 Å². The molecule has 0 saturated carbocycles. The molecular formula is C11H16N2O5. The summed E-state index contributed by atoms with van der Waals surface area (Å²) in [4.78, 5) is 14.9. The molecule has 0 aliphatic carbocycles. The molecule has 18 heavy (non-hydrogen) atoms. The molecule has 0 amide bonds.